The summed E-state index contributed by atoms with van der Waals surface area (Å²) in [5.41, 5.74) is 2.87. The molecule has 10 nitrogen and oxygen atoms in total. The number of nitrogens with one attached hydrogen (secondary N) is 2. The Hall–Kier alpha value is -4.19. The zero-order chi connectivity index (χ0) is 28.5. The van der Waals surface area contributed by atoms with E-state index >= 15 is 0 Å². The molecule has 0 amide bonds. The van der Waals surface area contributed by atoms with Crippen LogP contribution in [0.3, 0.4) is 0 Å². The average Bonchev–Trinajstić information content (AvgIpc) is 3.01. The van der Waals surface area contributed by atoms with Crippen molar-refractivity contribution in [2.45, 2.75) is 11.3 Å². The number of aromatic nitrogens is 2. The van der Waals surface area contributed by atoms with Crippen molar-refractivity contribution in [3.05, 3.63) is 85.2 Å². The molecule has 1 fully saturated rings. The van der Waals surface area contributed by atoms with Crippen molar-refractivity contribution in [1.29, 1.82) is 0 Å². The molecule has 0 saturated carbocycles. The van der Waals surface area contributed by atoms with Crippen LogP contribution in [0.15, 0.2) is 90.1 Å². The normalized spacial score (nSPS) is 13.9. The first-order chi connectivity index (χ1) is 20.0. The number of ether oxygens (including phenoxy) is 3. The maximum atomic E-state index is 12.7. The summed E-state index contributed by atoms with van der Waals surface area (Å²) in [6.45, 7) is 5.21. The Morgan fingerprint density at radius 2 is 1.66 bits per heavy atom. The van der Waals surface area contributed by atoms with Gasteiger partial charge in [0, 0.05) is 42.6 Å². The van der Waals surface area contributed by atoms with Crippen molar-refractivity contribution in [3.63, 3.8) is 0 Å². The van der Waals surface area contributed by atoms with Crippen molar-refractivity contribution < 1.29 is 22.6 Å². The molecular formula is C30H33N5O5S. The molecule has 0 unspecified atom stereocenters. The van der Waals surface area contributed by atoms with Gasteiger partial charge < -0.3 is 19.5 Å². The molecule has 2 heterocycles. The van der Waals surface area contributed by atoms with Gasteiger partial charge in [0.2, 0.25) is 0 Å². The maximum Gasteiger partial charge on any atom is 0.261 e. The monoisotopic (exact) mass is 575 g/mol. The number of anilines is 3. The minimum absolute atomic E-state index is 0.150. The Bertz CT molecular complexity index is 1530. The number of morpholine rings is 1. The third-order valence-electron chi connectivity index (χ3n) is 6.57. The van der Waals surface area contributed by atoms with Gasteiger partial charge in [-0.25, -0.2) is 18.4 Å². The molecule has 4 aromatic rings. The molecule has 214 valence electrons. The molecule has 41 heavy (non-hydrogen) atoms. The van der Waals surface area contributed by atoms with Crippen molar-refractivity contribution >= 4 is 27.2 Å². The highest BCUT2D eigenvalue weighted by molar-refractivity contribution is 7.92. The van der Waals surface area contributed by atoms with Crippen LogP contribution in [0.2, 0.25) is 0 Å². The second-order valence-electron chi connectivity index (χ2n) is 9.46. The number of nitrogens with zero attached hydrogens (tertiary/aromatic N) is 3. The van der Waals surface area contributed by atoms with Crippen LogP contribution < -0.4 is 19.5 Å². The lowest BCUT2D eigenvalue weighted by Gasteiger charge is -2.26. The van der Waals surface area contributed by atoms with Gasteiger partial charge in [0.25, 0.3) is 10.0 Å². The molecule has 0 aliphatic carbocycles. The predicted octanol–water partition coefficient (Wildman–Crippen LogP) is 4.80. The summed E-state index contributed by atoms with van der Waals surface area (Å²) in [4.78, 5) is 11.3. The fourth-order valence-corrected chi connectivity index (χ4v) is 5.43. The highest BCUT2D eigenvalue weighted by atomic mass is 32.2. The van der Waals surface area contributed by atoms with Gasteiger partial charge in [-0.15, -0.1) is 0 Å². The lowest BCUT2D eigenvalue weighted by molar-refractivity contribution is 0.0358. The van der Waals surface area contributed by atoms with Crippen LogP contribution in [-0.4, -0.2) is 69.9 Å². The zero-order valence-electron chi connectivity index (χ0n) is 22.8. The predicted molar refractivity (Wildman–Crippen MR) is 158 cm³/mol. The third-order valence-corrected chi connectivity index (χ3v) is 7.96. The highest BCUT2D eigenvalue weighted by Crippen LogP contribution is 2.26. The van der Waals surface area contributed by atoms with Crippen LogP contribution in [0.1, 0.15) is 6.42 Å². The molecule has 5 rings (SSSR count). The topological polar surface area (TPSA) is 115 Å². The largest absolute Gasteiger partial charge is 0.497 e. The van der Waals surface area contributed by atoms with E-state index < -0.39 is 10.0 Å². The Labute approximate surface area is 240 Å². The Morgan fingerprint density at radius 3 is 2.41 bits per heavy atom. The Balaban J connectivity index is 1.17. The smallest absolute Gasteiger partial charge is 0.261 e. The summed E-state index contributed by atoms with van der Waals surface area (Å²) in [5.74, 6) is 1.99. The number of methoxy groups -OCH3 is 1. The first kappa shape index (κ1) is 28.3. The third kappa shape index (κ3) is 7.94. The molecule has 0 spiro atoms. The van der Waals surface area contributed by atoms with Crippen molar-refractivity contribution in [2.75, 3.05) is 56.6 Å². The van der Waals surface area contributed by atoms with Crippen LogP contribution in [0.5, 0.6) is 11.5 Å². The van der Waals surface area contributed by atoms with E-state index in [1.165, 1.54) is 25.6 Å². The van der Waals surface area contributed by atoms with Gasteiger partial charge in [-0.2, -0.15) is 0 Å². The summed E-state index contributed by atoms with van der Waals surface area (Å²) >= 11 is 0. The van der Waals surface area contributed by atoms with Crippen LogP contribution in [0.25, 0.3) is 11.3 Å². The average molecular weight is 576 g/mol. The fraction of sp³-hybridized carbons (Fsp3) is 0.267. The molecule has 1 aliphatic heterocycles. The summed E-state index contributed by atoms with van der Waals surface area (Å²) in [6.07, 6.45) is 2.46. The van der Waals surface area contributed by atoms with Gasteiger partial charge in [-0.3, -0.25) is 9.62 Å². The van der Waals surface area contributed by atoms with Gasteiger partial charge >= 0.3 is 0 Å². The number of sulfonamides is 1. The van der Waals surface area contributed by atoms with Crippen LogP contribution in [0, 0.1) is 0 Å². The summed E-state index contributed by atoms with van der Waals surface area (Å²) in [5, 5.41) is 3.25. The van der Waals surface area contributed by atoms with Gasteiger partial charge in [-0.1, -0.05) is 12.1 Å². The van der Waals surface area contributed by atoms with E-state index in [4.69, 9.17) is 14.2 Å². The first-order valence-electron chi connectivity index (χ1n) is 13.4. The molecule has 0 atom stereocenters. The summed E-state index contributed by atoms with van der Waals surface area (Å²) in [7, 11) is -2.20. The van der Waals surface area contributed by atoms with E-state index in [0.29, 0.717) is 23.9 Å². The number of benzene rings is 3. The molecule has 3 aromatic carbocycles. The standard InChI is InChI=1S/C30H33N5O5S/c1-38-26-10-12-28(13-11-26)41(36,37)34-25-8-6-24(7-9-25)33-30-21-29(31-22-32-30)23-4-2-5-27(20-23)40-17-3-14-35-15-18-39-19-16-35/h2,4-13,20-22,34H,3,14-19H2,1H3,(H,31,32,33). The first-order valence-corrected chi connectivity index (χ1v) is 14.9. The molecular weight excluding hydrogens is 542 g/mol. The van der Waals surface area contributed by atoms with Gasteiger partial charge in [-0.05, 0) is 67.1 Å². The minimum Gasteiger partial charge on any atom is -0.497 e. The second-order valence-corrected chi connectivity index (χ2v) is 11.1. The van der Waals surface area contributed by atoms with E-state index in [9.17, 15) is 8.42 Å². The van der Waals surface area contributed by atoms with E-state index in [1.807, 2.05) is 30.3 Å². The number of hydrogen-bond donors (Lipinski definition) is 2. The van der Waals surface area contributed by atoms with Gasteiger partial charge in [0.1, 0.15) is 23.6 Å². The highest BCUT2D eigenvalue weighted by Gasteiger charge is 2.14. The SMILES string of the molecule is COc1ccc(S(=O)(=O)Nc2ccc(Nc3cc(-c4cccc(OCCCN5CCOCC5)c4)ncn3)cc2)cc1. The molecule has 11 heteroatoms. The minimum atomic E-state index is -3.73. The van der Waals surface area contributed by atoms with Crippen LogP contribution in [-0.2, 0) is 14.8 Å². The van der Waals surface area contributed by atoms with E-state index in [2.05, 4.69) is 24.9 Å². The van der Waals surface area contributed by atoms with E-state index in [0.717, 1.165) is 62.0 Å². The lowest BCUT2D eigenvalue weighted by atomic mass is 10.1. The molecule has 0 radical (unpaired) electrons. The molecule has 1 aliphatic rings. The Kier molecular flexibility index (Phi) is 9.29. The van der Waals surface area contributed by atoms with Crippen LogP contribution >= 0.6 is 0 Å². The quantitative estimate of drug-likeness (QED) is 0.230. The zero-order valence-corrected chi connectivity index (χ0v) is 23.6. The van der Waals surface area contributed by atoms with Crippen molar-refractivity contribution in [2.24, 2.45) is 0 Å². The molecule has 2 N–H and O–H groups in total. The number of hydrogen-bond acceptors (Lipinski definition) is 9. The summed E-state index contributed by atoms with van der Waals surface area (Å²) in [6, 6.07) is 22.9. The van der Waals surface area contributed by atoms with Gasteiger partial charge in [0.15, 0.2) is 0 Å². The van der Waals surface area contributed by atoms with E-state index in [1.54, 1.807) is 36.4 Å². The second kappa shape index (κ2) is 13.4. The molecule has 1 aromatic heterocycles. The molecule has 0 bridgehead atoms. The maximum absolute atomic E-state index is 12.7. The van der Waals surface area contributed by atoms with Crippen molar-refractivity contribution in [3.8, 4) is 22.8 Å². The van der Waals surface area contributed by atoms with Crippen molar-refractivity contribution in [1.82, 2.24) is 14.9 Å². The van der Waals surface area contributed by atoms with Gasteiger partial charge in [0.05, 0.1) is 37.5 Å². The van der Waals surface area contributed by atoms with Crippen LogP contribution in [0.4, 0.5) is 17.2 Å². The Morgan fingerprint density at radius 1 is 0.902 bits per heavy atom. The molecule has 1 saturated heterocycles. The fourth-order valence-electron chi connectivity index (χ4n) is 4.37. The summed E-state index contributed by atoms with van der Waals surface area (Å²) < 4.78 is 44.5. The van der Waals surface area contributed by atoms with E-state index in [-0.39, 0.29) is 4.90 Å². The number of rotatable bonds is 12. The lowest BCUT2D eigenvalue weighted by Crippen LogP contribution is -2.37.